The van der Waals surface area contributed by atoms with Crippen molar-refractivity contribution in [3.8, 4) is 11.8 Å². The molecule has 0 aromatic heterocycles. The maximum atomic E-state index is 12.5. The number of hydrogen-bond acceptors (Lipinski definition) is 5. The number of aliphatic hydroxyl groups is 2. The van der Waals surface area contributed by atoms with Gasteiger partial charge in [0.15, 0.2) is 0 Å². The largest absolute Gasteiger partial charge is 0.508 e. The van der Waals surface area contributed by atoms with E-state index >= 15 is 0 Å². The van der Waals surface area contributed by atoms with E-state index in [4.69, 9.17) is 38.7 Å². The molecule has 1 heterocycles. The SMILES string of the molecule is N#Cc1ccc(O)cc1F.O=S(c1ccc(Cl)cc1Cl)N1CCC(O)(CO)C1. The molecule has 0 amide bonds. The zero-order valence-electron chi connectivity index (χ0n) is 14.5. The Hall–Kier alpha value is -1.73. The third-order valence-electron chi connectivity index (χ3n) is 3.98. The Bertz CT molecular complexity index is 925. The number of phenolic OH excluding ortho intramolecular Hbond substituents is 1. The summed E-state index contributed by atoms with van der Waals surface area (Å²) in [6.45, 7) is 0.271. The van der Waals surface area contributed by atoms with E-state index in [9.17, 15) is 13.7 Å². The lowest BCUT2D eigenvalue weighted by atomic mass is 10.1. The van der Waals surface area contributed by atoms with Gasteiger partial charge in [-0.3, -0.25) is 0 Å². The fourth-order valence-electron chi connectivity index (χ4n) is 2.44. The van der Waals surface area contributed by atoms with E-state index in [0.29, 0.717) is 27.9 Å². The smallest absolute Gasteiger partial charge is 0.144 e. The van der Waals surface area contributed by atoms with Crippen molar-refractivity contribution in [2.45, 2.75) is 16.9 Å². The quantitative estimate of drug-likeness (QED) is 0.671. The zero-order valence-corrected chi connectivity index (χ0v) is 16.8. The van der Waals surface area contributed by atoms with Crippen LogP contribution < -0.4 is 0 Å². The maximum absolute atomic E-state index is 12.5. The highest BCUT2D eigenvalue weighted by molar-refractivity contribution is 7.82. The van der Waals surface area contributed by atoms with Crippen LogP contribution in [-0.2, 0) is 11.0 Å². The zero-order chi connectivity index (χ0) is 20.9. The molecule has 0 saturated carbocycles. The molecule has 0 aliphatic carbocycles. The molecule has 1 aliphatic rings. The Labute approximate surface area is 173 Å². The molecule has 0 radical (unpaired) electrons. The number of hydrogen-bond donors (Lipinski definition) is 3. The maximum Gasteiger partial charge on any atom is 0.144 e. The summed E-state index contributed by atoms with van der Waals surface area (Å²) in [6.07, 6.45) is 0.389. The van der Waals surface area contributed by atoms with Crippen LogP contribution in [0.4, 0.5) is 4.39 Å². The molecular formula is C18H17Cl2FN2O4S. The molecule has 150 valence electrons. The molecular weight excluding hydrogens is 430 g/mol. The van der Waals surface area contributed by atoms with Gasteiger partial charge in [-0.25, -0.2) is 12.9 Å². The summed E-state index contributed by atoms with van der Waals surface area (Å²) in [5.74, 6) is -0.862. The number of phenols is 1. The lowest BCUT2D eigenvalue weighted by Crippen LogP contribution is -2.37. The highest BCUT2D eigenvalue weighted by atomic mass is 35.5. The minimum absolute atomic E-state index is 0.0576. The number of aliphatic hydroxyl groups excluding tert-OH is 1. The van der Waals surface area contributed by atoms with Crippen LogP contribution in [0.25, 0.3) is 0 Å². The van der Waals surface area contributed by atoms with E-state index in [1.807, 2.05) is 0 Å². The van der Waals surface area contributed by atoms with E-state index in [-0.39, 0.29) is 24.5 Å². The lowest BCUT2D eigenvalue weighted by molar-refractivity contribution is -0.000502. The topological polar surface area (TPSA) is 105 Å². The summed E-state index contributed by atoms with van der Waals surface area (Å²) in [6, 6.07) is 9.79. The molecule has 28 heavy (non-hydrogen) atoms. The predicted octanol–water partition coefficient (Wildman–Crippen LogP) is 2.85. The first-order valence-corrected chi connectivity index (χ1v) is 9.89. The van der Waals surface area contributed by atoms with Crippen molar-refractivity contribution in [1.82, 2.24) is 4.31 Å². The number of benzene rings is 2. The number of nitrogens with zero attached hydrogens (tertiary/aromatic N) is 2. The minimum Gasteiger partial charge on any atom is -0.508 e. The summed E-state index contributed by atoms with van der Waals surface area (Å²) in [5.41, 5.74) is -1.23. The van der Waals surface area contributed by atoms with Crippen molar-refractivity contribution < 1.29 is 23.9 Å². The third kappa shape index (κ3) is 5.64. The number of nitriles is 1. The molecule has 6 nitrogen and oxygen atoms in total. The molecule has 1 aliphatic heterocycles. The molecule has 2 aromatic rings. The van der Waals surface area contributed by atoms with Gasteiger partial charge < -0.3 is 15.3 Å². The van der Waals surface area contributed by atoms with Gasteiger partial charge in [0.2, 0.25) is 0 Å². The van der Waals surface area contributed by atoms with Crippen molar-refractivity contribution in [3.63, 3.8) is 0 Å². The van der Waals surface area contributed by atoms with Gasteiger partial charge in [-0.2, -0.15) is 5.26 Å². The third-order valence-corrected chi connectivity index (χ3v) is 6.15. The Kier molecular flexibility index (Phi) is 7.78. The van der Waals surface area contributed by atoms with Gasteiger partial charge in [0.1, 0.15) is 34.2 Å². The monoisotopic (exact) mass is 446 g/mol. The van der Waals surface area contributed by atoms with E-state index < -0.39 is 22.4 Å². The Balaban J connectivity index is 0.000000237. The van der Waals surface area contributed by atoms with Gasteiger partial charge in [-0.05, 0) is 36.8 Å². The van der Waals surface area contributed by atoms with E-state index in [1.54, 1.807) is 22.5 Å². The van der Waals surface area contributed by atoms with Gasteiger partial charge in [-0.1, -0.05) is 23.2 Å². The predicted molar refractivity (Wildman–Crippen MR) is 104 cm³/mol. The molecule has 10 heteroatoms. The van der Waals surface area contributed by atoms with Crippen molar-refractivity contribution in [1.29, 1.82) is 5.26 Å². The fourth-order valence-corrected chi connectivity index (χ4v) is 4.35. The van der Waals surface area contributed by atoms with Gasteiger partial charge in [0.25, 0.3) is 0 Å². The first kappa shape index (κ1) is 22.6. The van der Waals surface area contributed by atoms with Crippen LogP contribution in [0.15, 0.2) is 41.3 Å². The van der Waals surface area contributed by atoms with Crippen LogP contribution in [0.3, 0.4) is 0 Å². The van der Waals surface area contributed by atoms with Gasteiger partial charge in [0, 0.05) is 24.2 Å². The Morgan fingerprint density at radius 3 is 2.54 bits per heavy atom. The van der Waals surface area contributed by atoms with Crippen molar-refractivity contribution in [3.05, 3.63) is 57.8 Å². The minimum atomic E-state index is -1.46. The standard InChI is InChI=1S/C11H13Cl2NO3S.C7H4FNO/c12-8-1-2-10(9(13)5-8)18(17)14-4-3-11(16,6-14)7-15;8-7-3-6(10)2-1-5(7)4-9/h1-2,5,15-16H,3-4,6-7H2;1-3,10H. The average Bonchev–Trinajstić information content (AvgIpc) is 3.05. The van der Waals surface area contributed by atoms with E-state index in [0.717, 1.165) is 6.07 Å². The molecule has 0 bridgehead atoms. The second-order valence-corrected chi connectivity index (χ2v) is 8.39. The van der Waals surface area contributed by atoms with Crippen LogP contribution in [-0.4, -0.2) is 49.1 Å². The van der Waals surface area contributed by atoms with Crippen molar-refractivity contribution in [2.75, 3.05) is 19.7 Å². The molecule has 2 aromatic carbocycles. The Morgan fingerprint density at radius 2 is 2.00 bits per heavy atom. The number of rotatable bonds is 3. The number of aromatic hydroxyl groups is 1. The summed E-state index contributed by atoms with van der Waals surface area (Å²) < 4.78 is 26.4. The Morgan fingerprint density at radius 1 is 1.29 bits per heavy atom. The van der Waals surface area contributed by atoms with Crippen molar-refractivity contribution >= 4 is 34.2 Å². The van der Waals surface area contributed by atoms with Crippen LogP contribution in [0, 0.1) is 17.1 Å². The van der Waals surface area contributed by atoms with Crippen LogP contribution in [0.2, 0.25) is 10.0 Å². The molecule has 2 atom stereocenters. The van der Waals surface area contributed by atoms with Crippen LogP contribution >= 0.6 is 23.2 Å². The van der Waals surface area contributed by atoms with Crippen LogP contribution in [0.1, 0.15) is 12.0 Å². The molecule has 1 fully saturated rings. The van der Waals surface area contributed by atoms with Gasteiger partial charge in [-0.15, -0.1) is 0 Å². The molecule has 3 N–H and O–H groups in total. The summed E-state index contributed by atoms with van der Waals surface area (Å²) in [5, 5.41) is 36.7. The molecule has 2 unspecified atom stereocenters. The van der Waals surface area contributed by atoms with Crippen LogP contribution in [0.5, 0.6) is 5.75 Å². The average molecular weight is 447 g/mol. The second kappa shape index (κ2) is 9.65. The fraction of sp³-hybridized carbons (Fsp3) is 0.278. The molecule has 1 saturated heterocycles. The highest BCUT2D eigenvalue weighted by Gasteiger charge is 2.38. The van der Waals surface area contributed by atoms with Crippen molar-refractivity contribution in [2.24, 2.45) is 0 Å². The summed E-state index contributed by atoms with van der Waals surface area (Å²) in [4.78, 5) is 0.461. The number of halogens is 3. The van der Waals surface area contributed by atoms with E-state index in [1.165, 1.54) is 18.2 Å². The lowest BCUT2D eigenvalue weighted by Gasteiger charge is -2.20. The number of β-amino-alcohol motifs (C(OH)–C–C–N with tert-alkyl or cyclic N) is 1. The summed E-state index contributed by atoms with van der Waals surface area (Å²) in [7, 11) is -1.46. The molecule has 3 rings (SSSR count). The molecule has 0 spiro atoms. The normalized spacial score (nSPS) is 20.1. The first-order chi connectivity index (χ1) is 13.2. The highest BCUT2D eigenvalue weighted by Crippen LogP contribution is 2.29. The second-order valence-electron chi connectivity index (χ2n) is 6.10. The van der Waals surface area contributed by atoms with E-state index in [2.05, 4.69) is 0 Å². The summed E-state index contributed by atoms with van der Waals surface area (Å²) >= 11 is 11.8. The van der Waals surface area contributed by atoms with Gasteiger partial charge >= 0.3 is 0 Å². The first-order valence-electron chi connectivity index (χ1n) is 8.03. The van der Waals surface area contributed by atoms with Gasteiger partial charge in [0.05, 0.1) is 22.1 Å².